The number of likely N-dealkylation sites (N-methyl/N-ethyl adjacent to an activating group) is 1. The van der Waals surface area contributed by atoms with Gasteiger partial charge in [0.05, 0.1) is 17.2 Å². The Morgan fingerprint density at radius 3 is 2.48 bits per heavy atom. The number of hydrogen-bond acceptors (Lipinski definition) is 7. The summed E-state index contributed by atoms with van der Waals surface area (Å²) in [6.45, 7) is 13.3. The maximum atomic E-state index is 15.0. The van der Waals surface area contributed by atoms with Gasteiger partial charge in [-0.25, -0.2) is 28.7 Å². The van der Waals surface area contributed by atoms with Crippen LogP contribution in [0.15, 0.2) is 48.7 Å². The first kappa shape index (κ1) is 26.1. The number of halogens is 2. The number of piperazine rings is 1. The summed E-state index contributed by atoms with van der Waals surface area (Å²) in [5.74, 6) is 0.230. The second-order valence-corrected chi connectivity index (χ2v) is 10.5. The van der Waals surface area contributed by atoms with E-state index in [1.165, 1.54) is 11.8 Å². The first-order valence-corrected chi connectivity index (χ1v) is 13.7. The third-order valence-electron chi connectivity index (χ3n) is 7.56. The lowest BCUT2D eigenvalue weighted by Gasteiger charge is -2.35. The molecule has 2 aromatic carbocycles. The predicted octanol–water partition coefficient (Wildman–Crippen LogP) is 6.09. The van der Waals surface area contributed by atoms with E-state index in [4.69, 9.17) is 4.98 Å². The average molecular weight is 543 g/mol. The molecule has 0 spiro atoms. The van der Waals surface area contributed by atoms with E-state index >= 15 is 4.39 Å². The van der Waals surface area contributed by atoms with Crippen LogP contribution in [0.2, 0.25) is 0 Å². The molecular formula is C30H32F2N8. The van der Waals surface area contributed by atoms with Gasteiger partial charge >= 0.3 is 0 Å². The number of rotatable bonds is 6. The smallest absolute Gasteiger partial charge is 0.229 e. The van der Waals surface area contributed by atoms with Crippen LogP contribution in [0.3, 0.4) is 0 Å². The number of pyridine rings is 1. The molecule has 1 fully saturated rings. The molecule has 4 heterocycles. The minimum atomic E-state index is -0.643. The molecule has 1 aliphatic rings. The van der Waals surface area contributed by atoms with Crippen LogP contribution in [0.4, 0.5) is 26.2 Å². The van der Waals surface area contributed by atoms with E-state index in [1.54, 1.807) is 6.07 Å². The number of nitrogens with one attached hydrogen (secondary N) is 1. The van der Waals surface area contributed by atoms with Crippen molar-refractivity contribution in [3.63, 3.8) is 0 Å². The van der Waals surface area contributed by atoms with Gasteiger partial charge in [-0.15, -0.1) is 0 Å². The number of hydrogen-bond donors (Lipinski definition) is 1. The monoisotopic (exact) mass is 542 g/mol. The first-order valence-electron chi connectivity index (χ1n) is 13.7. The fourth-order valence-electron chi connectivity index (χ4n) is 5.50. The molecule has 0 aliphatic carbocycles. The van der Waals surface area contributed by atoms with Gasteiger partial charge in [0.15, 0.2) is 11.6 Å². The lowest BCUT2D eigenvalue weighted by atomic mass is 10.1. The lowest BCUT2D eigenvalue weighted by molar-refractivity contribution is 0.271. The number of benzene rings is 2. The Balaban J connectivity index is 1.27. The van der Waals surface area contributed by atoms with Gasteiger partial charge in [-0.05, 0) is 69.8 Å². The fraction of sp³-hybridized carbons (Fsp3) is 0.333. The maximum Gasteiger partial charge on any atom is 0.229 e. The van der Waals surface area contributed by atoms with Gasteiger partial charge in [0.25, 0.3) is 0 Å². The zero-order valence-corrected chi connectivity index (χ0v) is 23.1. The van der Waals surface area contributed by atoms with E-state index in [2.05, 4.69) is 49.1 Å². The quantitative estimate of drug-likeness (QED) is 0.278. The Hall–Kier alpha value is -4.18. The molecule has 1 aliphatic heterocycles. The first-order chi connectivity index (χ1) is 19.3. The third-order valence-corrected chi connectivity index (χ3v) is 7.56. The number of aryl methyl sites for hydroxylation is 1. The summed E-state index contributed by atoms with van der Waals surface area (Å²) in [5, 5.41) is 4.11. The number of aromatic nitrogens is 5. The van der Waals surface area contributed by atoms with Crippen molar-refractivity contribution in [3.8, 4) is 11.3 Å². The second kappa shape index (κ2) is 10.4. The summed E-state index contributed by atoms with van der Waals surface area (Å²) in [4.78, 5) is 22.4. The maximum absolute atomic E-state index is 15.0. The molecule has 8 nitrogen and oxygen atoms in total. The van der Waals surface area contributed by atoms with E-state index in [0.29, 0.717) is 22.7 Å². The lowest BCUT2D eigenvalue weighted by Crippen LogP contribution is -2.46. The number of fused-ring (bicyclic) bond motifs is 2. The number of anilines is 3. The van der Waals surface area contributed by atoms with Crippen LogP contribution in [0, 0.1) is 18.6 Å². The molecule has 5 aromatic rings. The van der Waals surface area contributed by atoms with Crippen molar-refractivity contribution >= 4 is 39.4 Å². The third kappa shape index (κ3) is 4.83. The van der Waals surface area contributed by atoms with Crippen molar-refractivity contribution in [2.75, 3.05) is 42.9 Å². The van der Waals surface area contributed by atoms with Crippen molar-refractivity contribution in [3.05, 3.63) is 66.1 Å². The molecule has 0 saturated carbocycles. The number of nitrogens with zero attached hydrogens (tertiary/aromatic N) is 7. The van der Waals surface area contributed by atoms with Crippen molar-refractivity contribution < 1.29 is 8.78 Å². The Labute approximate surface area is 231 Å². The van der Waals surface area contributed by atoms with Gasteiger partial charge in [0.2, 0.25) is 5.95 Å². The summed E-state index contributed by atoms with van der Waals surface area (Å²) in [6, 6.07) is 13.2. The summed E-state index contributed by atoms with van der Waals surface area (Å²) < 4.78 is 31.9. The minimum absolute atomic E-state index is 0.000982. The highest BCUT2D eigenvalue weighted by atomic mass is 19.1. The predicted molar refractivity (Wildman–Crippen MR) is 155 cm³/mol. The zero-order valence-electron chi connectivity index (χ0n) is 23.1. The van der Waals surface area contributed by atoms with Crippen LogP contribution in [0.1, 0.15) is 32.6 Å². The molecule has 206 valence electrons. The standard InChI is InChI=1S/C30H32F2N8/c1-5-38-10-12-39(13-11-38)22-7-8-25-20(14-22)6-9-27(35-25)36-30-33-17-24(32)28(37-30)21-15-23(31)29-26(16-21)40(18(2)3)19(4)34-29/h6-9,14-18H,5,10-13H2,1-4H3,(H,33,35,36,37). The van der Waals surface area contributed by atoms with E-state index in [-0.39, 0.29) is 23.2 Å². The minimum Gasteiger partial charge on any atom is -0.369 e. The Morgan fingerprint density at radius 2 is 1.73 bits per heavy atom. The van der Waals surface area contributed by atoms with Crippen LogP contribution in [-0.4, -0.2) is 62.1 Å². The van der Waals surface area contributed by atoms with Crippen molar-refractivity contribution in [2.24, 2.45) is 0 Å². The molecule has 0 unspecified atom stereocenters. The van der Waals surface area contributed by atoms with Crippen LogP contribution in [-0.2, 0) is 0 Å². The van der Waals surface area contributed by atoms with Crippen molar-refractivity contribution in [1.82, 2.24) is 29.4 Å². The summed E-state index contributed by atoms with van der Waals surface area (Å²) in [7, 11) is 0. The molecule has 0 atom stereocenters. The average Bonchev–Trinajstić information content (AvgIpc) is 3.30. The largest absolute Gasteiger partial charge is 0.369 e. The Kier molecular flexibility index (Phi) is 6.79. The normalized spacial score (nSPS) is 14.5. The van der Waals surface area contributed by atoms with Crippen molar-refractivity contribution in [2.45, 2.75) is 33.7 Å². The molecule has 0 bridgehead atoms. The highest BCUT2D eigenvalue weighted by Gasteiger charge is 2.19. The highest BCUT2D eigenvalue weighted by Crippen LogP contribution is 2.31. The zero-order chi connectivity index (χ0) is 28.0. The fourth-order valence-corrected chi connectivity index (χ4v) is 5.50. The Bertz CT molecular complexity index is 1710. The van der Waals surface area contributed by atoms with Crippen LogP contribution in [0.25, 0.3) is 33.2 Å². The molecule has 0 amide bonds. The van der Waals surface area contributed by atoms with Crippen LogP contribution < -0.4 is 10.2 Å². The molecule has 3 aromatic heterocycles. The molecule has 40 heavy (non-hydrogen) atoms. The van der Waals surface area contributed by atoms with Gasteiger partial charge in [-0.2, -0.15) is 0 Å². The van der Waals surface area contributed by atoms with E-state index < -0.39 is 11.6 Å². The van der Waals surface area contributed by atoms with Gasteiger partial charge in [-0.3, -0.25) is 0 Å². The van der Waals surface area contributed by atoms with Crippen LogP contribution >= 0.6 is 0 Å². The molecule has 1 saturated heterocycles. The van der Waals surface area contributed by atoms with Gasteiger partial charge in [-0.1, -0.05) is 6.92 Å². The summed E-state index contributed by atoms with van der Waals surface area (Å²) >= 11 is 0. The van der Waals surface area contributed by atoms with E-state index in [9.17, 15) is 4.39 Å². The molecule has 10 heteroatoms. The molecule has 0 radical (unpaired) electrons. The number of imidazole rings is 1. The summed E-state index contributed by atoms with van der Waals surface area (Å²) in [5.41, 5.74) is 3.19. The Morgan fingerprint density at radius 1 is 0.925 bits per heavy atom. The molecule has 6 rings (SSSR count). The topological polar surface area (TPSA) is 75.0 Å². The molecular weight excluding hydrogens is 510 g/mol. The van der Waals surface area contributed by atoms with Crippen molar-refractivity contribution in [1.29, 1.82) is 0 Å². The van der Waals surface area contributed by atoms with E-state index in [1.807, 2.05) is 43.5 Å². The van der Waals surface area contributed by atoms with Crippen LogP contribution in [0.5, 0.6) is 0 Å². The molecule has 1 N–H and O–H groups in total. The summed E-state index contributed by atoms with van der Waals surface area (Å²) in [6.07, 6.45) is 1.09. The van der Waals surface area contributed by atoms with Gasteiger partial charge in [0, 0.05) is 48.9 Å². The van der Waals surface area contributed by atoms with Gasteiger partial charge < -0.3 is 19.7 Å². The van der Waals surface area contributed by atoms with E-state index in [0.717, 1.165) is 49.8 Å². The SMILES string of the molecule is CCN1CCN(c2ccc3nc(Nc4ncc(F)c(-c5cc(F)c6nc(C)n(C(C)C)c6c5)n4)ccc3c2)CC1. The van der Waals surface area contributed by atoms with Gasteiger partial charge in [0.1, 0.15) is 22.9 Å². The second-order valence-electron chi connectivity index (χ2n) is 10.5. The highest BCUT2D eigenvalue weighted by molar-refractivity contribution is 5.85.